The Morgan fingerprint density at radius 2 is 1.91 bits per heavy atom. The largest absolute Gasteiger partial charge is 0.321 e. The molecule has 0 saturated carbocycles. The number of carbonyl (C=O) groups is 1. The summed E-state index contributed by atoms with van der Waals surface area (Å²) < 4.78 is 39.8. The molecule has 0 aliphatic carbocycles. The first-order valence-electron chi connectivity index (χ1n) is 6.78. The van der Waals surface area contributed by atoms with Crippen LogP contribution in [0.2, 0.25) is 0 Å². The van der Waals surface area contributed by atoms with Crippen LogP contribution in [0.3, 0.4) is 0 Å². The van der Waals surface area contributed by atoms with Crippen molar-refractivity contribution in [1.82, 2.24) is 4.72 Å². The minimum absolute atomic E-state index is 0.0367. The molecule has 3 rings (SSSR count). The van der Waals surface area contributed by atoms with Crippen LogP contribution in [0.5, 0.6) is 0 Å². The maximum absolute atomic E-state index is 13.8. The highest BCUT2D eigenvalue weighted by Crippen LogP contribution is 2.35. The van der Waals surface area contributed by atoms with E-state index in [4.69, 9.17) is 0 Å². The average molecular weight is 332 g/mol. The predicted octanol–water partition coefficient (Wildman–Crippen LogP) is 2.23. The van der Waals surface area contributed by atoms with Crippen molar-refractivity contribution in [2.24, 2.45) is 0 Å². The zero-order valence-corrected chi connectivity index (χ0v) is 12.9. The van der Waals surface area contributed by atoms with Crippen molar-refractivity contribution in [3.63, 3.8) is 0 Å². The van der Waals surface area contributed by atoms with Crippen LogP contribution in [-0.4, -0.2) is 21.4 Å². The summed E-state index contributed by atoms with van der Waals surface area (Å²) in [6.07, 6.45) is 1.41. The van der Waals surface area contributed by atoms with Crippen molar-refractivity contribution < 1.29 is 17.6 Å². The molecule has 0 unspecified atom stereocenters. The highest BCUT2D eigenvalue weighted by atomic mass is 32.2. The lowest BCUT2D eigenvalue weighted by Gasteiger charge is -2.05. The van der Waals surface area contributed by atoms with Crippen LogP contribution in [0.1, 0.15) is 11.1 Å². The summed E-state index contributed by atoms with van der Waals surface area (Å²) in [5, 5.41) is 2.64. The van der Waals surface area contributed by atoms with Gasteiger partial charge in [-0.3, -0.25) is 4.79 Å². The third kappa shape index (κ3) is 2.76. The van der Waals surface area contributed by atoms with Crippen LogP contribution in [0.4, 0.5) is 10.1 Å². The van der Waals surface area contributed by atoms with Gasteiger partial charge in [-0.25, -0.2) is 17.5 Å². The standard InChI is InChI=1S/C16H13FN2O3S/c1-18-23(21,22)11-6-7-15-12(9-11)13(16(20)19-15)8-10-4-2-3-5-14(10)17/h2-9,18H,1H3,(H,19,20). The van der Waals surface area contributed by atoms with E-state index in [0.717, 1.165) is 0 Å². The molecule has 23 heavy (non-hydrogen) atoms. The van der Waals surface area contributed by atoms with E-state index in [2.05, 4.69) is 10.0 Å². The maximum atomic E-state index is 13.8. The summed E-state index contributed by atoms with van der Waals surface area (Å²) in [5.41, 5.74) is 1.40. The van der Waals surface area contributed by atoms with E-state index in [0.29, 0.717) is 11.3 Å². The molecule has 0 bridgehead atoms. The fraction of sp³-hybridized carbons (Fsp3) is 0.0625. The Balaban J connectivity index is 2.15. The summed E-state index contributed by atoms with van der Waals surface area (Å²) in [7, 11) is -2.32. The number of hydrogen-bond donors (Lipinski definition) is 2. The molecule has 0 spiro atoms. The minimum atomic E-state index is -3.63. The van der Waals surface area contributed by atoms with Gasteiger partial charge >= 0.3 is 0 Å². The van der Waals surface area contributed by atoms with E-state index in [1.165, 1.54) is 37.4 Å². The molecule has 0 fully saturated rings. The van der Waals surface area contributed by atoms with Crippen molar-refractivity contribution in [2.45, 2.75) is 4.90 Å². The molecular formula is C16H13FN2O3S. The monoisotopic (exact) mass is 332 g/mol. The van der Waals surface area contributed by atoms with Crippen LogP contribution < -0.4 is 10.0 Å². The Morgan fingerprint density at radius 3 is 2.61 bits per heavy atom. The second-order valence-electron chi connectivity index (χ2n) is 4.95. The third-order valence-corrected chi connectivity index (χ3v) is 4.97. The number of nitrogens with one attached hydrogen (secondary N) is 2. The molecule has 0 aromatic heterocycles. The highest BCUT2D eigenvalue weighted by Gasteiger charge is 2.26. The molecule has 2 N–H and O–H groups in total. The van der Waals surface area contributed by atoms with Crippen LogP contribution in [0.15, 0.2) is 47.4 Å². The van der Waals surface area contributed by atoms with Gasteiger partial charge in [-0.15, -0.1) is 0 Å². The zero-order chi connectivity index (χ0) is 16.6. The van der Waals surface area contributed by atoms with Crippen LogP contribution in [0.25, 0.3) is 11.6 Å². The number of halogens is 1. The first kappa shape index (κ1) is 15.4. The SMILES string of the molecule is CNS(=O)(=O)c1ccc2c(c1)C(=Cc1ccccc1F)C(=O)N2. The molecule has 7 heteroatoms. The summed E-state index contributed by atoms with van der Waals surface area (Å²) >= 11 is 0. The van der Waals surface area contributed by atoms with Gasteiger partial charge in [0, 0.05) is 22.4 Å². The molecule has 118 valence electrons. The quantitative estimate of drug-likeness (QED) is 0.847. The van der Waals surface area contributed by atoms with Gasteiger partial charge in [-0.05, 0) is 37.4 Å². The highest BCUT2D eigenvalue weighted by molar-refractivity contribution is 7.89. The van der Waals surface area contributed by atoms with E-state index in [-0.39, 0.29) is 16.0 Å². The summed E-state index contributed by atoms with van der Waals surface area (Å²) in [6, 6.07) is 10.4. The molecule has 1 heterocycles. The zero-order valence-electron chi connectivity index (χ0n) is 12.1. The number of anilines is 1. The van der Waals surface area contributed by atoms with Crippen LogP contribution in [0, 0.1) is 5.82 Å². The second kappa shape index (κ2) is 5.60. The van der Waals surface area contributed by atoms with Crippen molar-refractivity contribution in [1.29, 1.82) is 0 Å². The van der Waals surface area contributed by atoms with Crippen LogP contribution in [-0.2, 0) is 14.8 Å². The lowest BCUT2D eigenvalue weighted by Crippen LogP contribution is -2.18. The number of rotatable bonds is 3. The van der Waals surface area contributed by atoms with Gasteiger partial charge in [-0.1, -0.05) is 18.2 Å². The Bertz CT molecular complexity index is 936. The molecule has 5 nitrogen and oxygen atoms in total. The number of carbonyl (C=O) groups excluding carboxylic acids is 1. The van der Waals surface area contributed by atoms with Crippen molar-refractivity contribution in [3.8, 4) is 0 Å². The van der Waals surface area contributed by atoms with Crippen molar-refractivity contribution >= 4 is 33.3 Å². The summed E-state index contributed by atoms with van der Waals surface area (Å²) in [4.78, 5) is 12.1. The fourth-order valence-corrected chi connectivity index (χ4v) is 3.10. The number of sulfonamides is 1. The maximum Gasteiger partial charge on any atom is 0.256 e. The first-order valence-corrected chi connectivity index (χ1v) is 8.26. The average Bonchev–Trinajstić information content (AvgIpc) is 2.84. The molecule has 0 saturated heterocycles. The molecule has 1 amide bonds. The van der Waals surface area contributed by atoms with E-state index >= 15 is 0 Å². The normalized spacial score (nSPS) is 15.6. The van der Waals surface area contributed by atoms with Gasteiger partial charge in [0.05, 0.1) is 4.90 Å². The Morgan fingerprint density at radius 1 is 1.17 bits per heavy atom. The van der Waals surface area contributed by atoms with Crippen molar-refractivity contribution in [2.75, 3.05) is 12.4 Å². The lowest BCUT2D eigenvalue weighted by molar-refractivity contribution is -0.110. The Hall–Kier alpha value is -2.51. The molecule has 2 aromatic rings. The van der Waals surface area contributed by atoms with Gasteiger partial charge in [0.15, 0.2) is 0 Å². The van der Waals surface area contributed by atoms with E-state index in [9.17, 15) is 17.6 Å². The predicted molar refractivity (Wildman–Crippen MR) is 85.6 cm³/mol. The van der Waals surface area contributed by atoms with Crippen molar-refractivity contribution in [3.05, 3.63) is 59.4 Å². The van der Waals surface area contributed by atoms with Gasteiger partial charge in [0.2, 0.25) is 10.0 Å². The van der Waals surface area contributed by atoms with Crippen LogP contribution >= 0.6 is 0 Å². The number of benzene rings is 2. The number of hydrogen-bond acceptors (Lipinski definition) is 3. The number of amides is 1. The fourth-order valence-electron chi connectivity index (χ4n) is 2.34. The molecular weight excluding hydrogens is 319 g/mol. The first-order chi connectivity index (χ1) is 10.9. The van der Waals surface area contributed by atoms with E-state index in [1.807, 2.05) is 0 Å². The van der Waals surface area contributed by atoms with Gasteiger partial charge in [0.1, 0.15) is 5.82 Å². The molecule has 1 aliphatic rings. The van der Waals surface area contributed by atoms with E-state index < -0.39 is 21.7 Å². The Labute approximate surface area is 132 Å². The minimum Gasteiger partial charge on any atom is -0.321 e. The second-order valence-corrected chi connectivity index (χ2v) is 6.84. The third-order valence-electron chi connectivity index (χ3n) is 3.56. The van der Waals surface area contributed by atoms with Gasteiger partial charge < -0.3 is 5.32 Å². The summed E-state index contributed by atoms with van der Waals surface area (Å²) in [5.74, 6) is -0.859. The van der Waals surface area contributed by atoms with Gasteiger partial charge in [-0.2, -0.15) is 0 Å². The molecule has 0 radical (unpaired) electrons. The number of fused-ring (bicyclic) bond motifs is 1. The summed E-state index contributed by atoms with van der Waals surface area (Å²) in [6.45, 7) is 0. The smallest absolute Gasteiger partial charge is 0.256 e. The molecule has 2 aromatic carbocycles. The van der Waals surface area contributed by atoms with Gasteiger partial charge in [0.25, 0.3) is 5.91 Å². The molecule has 0 atom stereocenters. The van der Waals surface area contributed by atoms with E-state index in [1.54, 1.807) is 18.2 Å². The lowest BCUT2D eigenvalue weighted by atomic mass is 10.0. The topological polar surface area (TPSA) is 75.3 Å². The molecule has 1 aliphatic heterocycles. The Kier molecular flexibility index (Phi) is 3.75.